The highest BCUT2D eigenvalue weighted by Gasteiger charge is 2.22. The average molecular weight is 460 g/mol. The van der Waals surface area contributed by atoms with Crippen LogP contribution in [0.1, 0.15) is 42.5 Å². The molecule has 0 aromatic heterocycles. The fraction of sp³-hybridized carbons (Fsp3) is 0.391. The molecule has 1 fully saturated rings. The molecule has 0 heterocycles. The molecule has 32 heavy (non-hydrogen) atoms. The Labute approximate surface area is 189 Å². The minimum absolute atomic E-state index is 0.00637. The van der Waals surface area contributed by atoms with Crippen LogP contribution >= 0.6 is 0 Å². The predicted molar refractivity (Wildman–Crippen MR) is 123 cm³/mol. The highest BCUT2D eigenvalue weighted by molar-refractivity contribution is 7.89. The van der Waals surface area contributed by atoms with E-state index in [9.17, 15) is 18.0 Å². The third kappa shape index (κ3) is 5.46. The third-order valence-electron chi connectivity index (χ3n) is 5.57. The number of carbonyl (C=O) groups is 2. The zero-order chi connectivity index (χ0) is 23.3. The molecule has 9 heteroatoms. The molecule has 0 aliphatic heterocycles. The van der Waals surface area contributed by atoms with Crippen molar-refractivity contribution in [2.75, 3.05) is 31.8 Å². The van der Waals surface area contributed by atoms with Gasteiger partial charge in [0.1, 0.15) is 5.75 Å². The van der Waals surface area contributed by atoms with Crippen LogP contribution in [0.15, 0.2) is 47.4 Å². The van der Waals surface area contributed by atoms with Crippen molar-refractivity contribution in [3.05, 3.63) is 48.0 Å². The summed E-state index contributed by atoms with van der Waals surface area (Å²) in [7, 11) is 0.631. The van der Waals surface area contributed by atoms with Crippen molar-refractivity contribution in [3.63, 3.8) is 0 Å². The van der Waals surface area contributed by atoms with E-state index in [1.165, 1.54) is 45.8 Å². The summed E-state index contributed by atoms with van der Waals surface area (Å²) < 4.78 is 31.3. The Morgan fingerprint density at radius 1 is 1.00 bits per heavy atom. The molecule has 8 nitrogen and oxygen atoms in total. The molecular formula is C23H29N3O5S. The van der Waals surface area contributed by atoms with Crippen LogP contribution in [-0.4, -0.2) is 45.7 Å². The third-order valence-corrected chi connectivity index (χ3v) is 7.38. The van der Waals surface area contributed by atoms with E-state index in [-0.39, 0.29) is 22.4 Å². The van der Waals surface area contributed by atoms with Gasteiger partial charge in [-0.3, -0.25) is 9.59 Å². The number of hydrogen-bond donors (Lipinski definition) is 2. The van der Waals surface area contributed by atoms with E-state index in [1.54, 1.807) is 24.3 Å². The summed E-state index contributed by atoms with van der Waals surface area (Å²) >= 11 is 0. The molecule has 0 bridgehead atoms. The number of carbonyl (C=O) groups excluding carboxylic acids is 2. The van der Waals surface area contributed by atoms with Crippen LogP contribution in [-0.2, 0) is 14.8 Å². The molecule has 2 aromatic carbocycles. The molecule has 2 amide bonds. The van der Waals surface area contributed by atoms with Crippen molar-refractivity contribution >= 4 is 33.2 Å². The average Bonchev–Trinajstić information content (AvgIpc) is 2.79. The quantitative estimate of drug-likeness (QED) is 0.657. The second-order valence-corrected chi connectivity index (χ2v) is 10.2. The molecule has 3 rings (SSSR count). The molecule has 172 valence electrons. The van der Waals surface area contributed by atoms with Crippen LogP contribution in [0.2, 0.25) is 0 Å². The van der Waals surface area contributed by atoms with Gasteiger partial charge in [0, 0.05) is 31.3 Å². The van der Waals surface area contributed by atoms with E-state index < -0.39 is 15.9 Å². The second-order valence-electron chi connectivity index (χ2n) is 8.01. The fourth-order valence-corrected chi connectivity index (χ4v) is 4.63. The van der Waals surface area contributed by atoms with Gasteiger partial charge in [-0.15, -0.1) is 0 Å². The van der Waals surface area contributed by atoms with Gasteiger partial charge in [-0.2, -0.15) is 0 Å². The molecule has 0 spiro atoms. The number of hydrogen-bond acceptors (Lipinski definition) is 5. The predicted octanol–water partition coefficient (Wildman–Crippen LogP) is 3.72. The monoisotopic (exact) mass is 459 g/mol. The highest BCUT2D eigenvalue weighted by atomic mass is 32.2. The van der Waals surface area contributed by atoms with E-state index in [4.69, 9.17) is 4.74 Å². The molecule has 1 aliphatic carbocycles. The Kier molecular flexibility index (Phi) is 7.52. The number of nitrogens with zero attached hydrogens (tertiary/aromatic N) is 1. The molecule has 2 aromatic rings. The first kappa shape index (κ1) is 23.7. The first-order valence-electron chi connectivity index (χ1n) is 10.5. The fourth-order valence-electron chi connectivity index (χ4n) is 3.70. The molecule has 0 radical (unpaired) electrons. The van der Waals surface area contributed by atoms with Gasteiger partial charge in [0.05, 0.1) is 17.7 Å². The van der Waals surface area contributed by atoms with Crippen molar-refractivity contribution in [2.24, 2.45) is 5.92 Å². The second kappa shape index (κ2) is 10.1. The zero-order valence-electron chi connectivity index (χ0n) is 18.6. The van der Waals surface area contributed by atoms with Gasteiger partial charge >= 0.3 is 0 Å². The van der Waals surface area contributed by atoms with E-state index in [1.807, 2.05) is 0 Å². The molecule has 2 N–H and O–H groups in total. The standard InChI is InChI=1S/C23H29N3O5S/c1-26(2)32(29,30)19-12-13-21(31-3)20(15-19)25-23(28)17-10-7-11-18(14-17)24-22(27)16-8-5-4-6-9-16/h7,10-16H,4-6,8-9H2,1-3H3,(H,24,27)(H,25,28). The van der Waals surface area contributed by atoms with Crippen LogP contribution in [0.25, 0.3) is 0 Å². The van der Waals surface area contributed by atoms with Crippen molar-refractivity contribution in [1.29, 1.82) is 0 Å². The van der Waals surface area contributed by atoms with E-state index in [2.05, 4.69) is 10.6 Å². The molecule has 0 atom stereocenters. The number of ether oxygens (including phenoxy) is 1. The van der Waals surface area contributed by atoms with E-state index in [0.29, 0.717) is 17.0 Å². The SMILES string of the molecule is COc1ccc(S(=O)(=O)N(C)C)cc1NC(=O)c1cccc(NC(=O)C2CCCCC2)c1. The topological polar surface area (TPSA) is 105 Å². The van der Waals surface area contributed by atoms with Crippen molar-refractivity contribution in [2.45, 2.75) is 37.0 Å². The minimum atomic E-state index is -3.68. The Bertz CT molecular complexity index is 1090. The van der Waals surface area contributed by atoms with Crippen LogP contribution in [0.4, 0.5) is 11.4 Å². The molecule has 1 aliphatic rings. The highest BCUT2D eigenvalue weighted by Crippen LogP contribution is 2.29. The van der Waals surface area contributed by atoms with E-state index >= 15 is 0 Å². The van der Waals surface area contributed by atoms with Gasteiger partial charge < -0.3 is 15.4 Å². The Balaban J connectivity index is 1.78. The summed E-state index contributed by atoms with van der Waals surface area (Å²) in [5.74, 6) is -0.133. The van der Waals surface area contributed by atoms with Gasteiger partial charge in [-0.05, 0) is 49.2 Å². The van der Waals surface area contributed by atoms with Crippen LogP contribution in [0.3, 0.4) is 0 Å². The van der Waals surface area contributed by atoms with Crippen LogP contribution in [0.5, 0.6) is 5.75 Å². The lowest BCUT2D eigenvalue weighted by atomic mass is 9.88. The van der Waals surface area contributed by atoms with Crippen molar-refractivity contribution in [1.82, 2.24) is 4.31 Å². The Morgan fingerprint density at radius 2 is 1.72 bits per heavy atom. The maximum atomic E-state index is 12.9. The lowest BCUT2D eigenvalue weighted by molar-refractivity contribution is -0.120. The molecule has 0 saturated heterocycles. The summed E-state index contributed by atoms with van der Waals surface area (Å²) in [5.41, 5.74) is 1.11. The van der Waals surface area contributed by atoms with Crippen LogP contribution in [0, 0.1) is 5.92 Å². The summed E-state index contributed by atoms with van der Waals surface area (Å²) in [6.45, 7) is 0. The molecule has 0 unspecified atom stereocenters. The van der Waals surface area contributed by atoms with Gasteiger partial charge in [-0.25, -0.2) is 12.7 Å². The van der Waals surface area contributed by atoms with Crippen molar-refractivity contribution < 1.29 is 22.7 Å². The lowest BCUT2D eigenvalue weighted by Crippen LogP contribution is -2.25. The number of methoxy groups -OCH3 is 1. The number of sulfonamides is 1. The van der Waals surface area contributed by atoms with Crippen molar-refractivity contribution in [3.8, 4) is 5.75 Å². The number of rotatable bonds is 7. The Morgan fingerprint density at radius 3 is 2.38 bits per heavy atom. The lowest BCUT2D eigenvalue weighted by Gasteiger charge is -2.20. The number of amides is 2. The molecular weight excluding hydrogens is 430 g/mol. The number of anilines is 2. The van der Waals surface area contributed by atoms with Gasteiger partial charge in [0.2, 0.25) is 15.9 Å². The van der Waals surface area contributed by atoms with Gasteiger partial charge in [-0.1, -0.05) is 25.3 Å². The largest absolute Gasteiger partial charge is 0.495 e. The summed E-state index contributed by atoms with van der Waals surface area (Å²) in [5, 5.41) is 5.62. The summed E-state index contributed by atoms with van der Waals surface area (Å²) in [6.07, 6.45) is 5.06. The first-order chi connectivity index (χ1) is 15.2. The summed E-state index contributed by atoms with van der Waals surface area (Å²) in [6, 6.07) is 10.9. The number of benzene rings is 2. The smallest absolute Gasteiger partial charge is 0.255 e. The van der Waals surface area contributed by atoms with E-state index in [0.717, 1.165) is 30.0 Å². The van der Waals surface area contributed by atoms with Crippen LogP contribution < -0.4 is 15.4 Å². The summed E-state index contributed by atoms with van der Waals surface area (Å²) in [4.78, 5) is 25.4. The maximum absolute atomic E-state index is 12.9. The molecule has 1 saturated carbocycles. The maximum Gasteiger partial charge on any atom is 0.255 e. The normalized spacial score (nSPS) is 14.8. The number of nitrogens with one attached hydrogen (secondary N) is 2. The first-order valence-corrected chi connectivity index (χ1v) is 12.0. The minimum Gasteiger partial charge on any atom is -0.495 e. The van der Waals surface area contributed by atoms with Gasteiger partial charge in [0.15, 0.2) is 0 Å². The Hall–Kier alpha value is -2.91. The zero-order valence-corrected chi connectivity index (χ0v) is 19.4. The van der Waals surface area contributed by atoms with Gasteiger partial charge in [0.25, 0.3) is 5.91 Å².